The highest BCUT2D eigenvalue weighted by Gasteiger charge is 2.21. The summed E-state index contributed by atoms with van der Waals surface area (Å²) in [5.41, 5.74) is 1.88. The molecule has 0 aliphatic rings. The molecule has 6 nitrogen and oxygen atoms in total. The Balaban J connectivity index is 1.71. The van der Waals surface area contributed by atoms with Crippen molar-refractivity contribution in [2.75, 3.05) is 5.32 Å². The first-order chi connectivity index (χ1) is 10.7. The average Bonchev–Trinajstić information content (AvgIpc) is 3.10. The minimum Gasteiger partial charge on any atom is -0.333 e. The molecular formula is C14H15N5OS2. The van der Waals surface area contributed by atoms with Gasteiger partial charge in [0, 0.05) is 0 Å². The molecule has 0 saturated heterocycles. The third-order valence-corrected chi connectivity index (χ3v) is 5.04. The second-order valence-corrected chi connectivity index (χ2v) is 7.06. The smallest absolute Gasteiger partial charge is 0.239 e. The SMILES string of the molecule is CC[C@@H](Sc1nc2ccccc2[nH]1)C(=O)Nc1nnc(C)s1. The number of anilines is 1. The monoisotopic (exact) mass is 333 g/mol. The fourth-order valence-electron chi connectivity index (χ4n) is 1.98. The molecule has 1 aromatic carbocycles. The van der Waals surface area contributed by atoms with Crippen LogP contribution in [0.4, 0.5) is 5.13 Å². The van der Waals surface area contributed by atoms with Crippen LogP contribution in [0.15, 0.2) is 29.4 Å². The van der Waals surface area contributed by atoms with Gasteiger partial charge in [-0.1, -0.05) is 42.2 Å². The number of hydrogen-bond donors (Lipinski definition) is 2. The van der Waals surface area contributed by atoms with E-state index < -0.39 is 0 Å². The van der Waals surface area contributed by atoms with Gasteiger partial charge in [0.05, 0.1) is 16.3 Å². The molecule has 114 valence electrons. The molecule has 0 aliphatic heterocycles. The quantitative estimate of drug-likeness (QED) is 0.700. The number of aryl methyl sites for hydroxylation is 1. The van der Waals surface area contributed by atoms with Gasteiger partial charge in [0.2, 0.25) is 11.0 Å². The third-order valence-electron chi connectivity index (χ3n) is 3.04. The summed E-state index contributed by atoms with van der Waals surface area (Å²) in [7, 11) is 0. The normalized spacial score (nSPS) is 12.5. The summed E-state index contributed by atoms with van der Waals surface area (Å²) in [5, 5.41) is 12.5. The van der Waals surface area contributed by atoms with Crippen LogP contribution in [0.5, 0.6) is 0 Å². The summed E-state index contributed by atoms with van der Waals surface area (Å²) < 4.78 is 0. The average molecular weight is 333 g/mol. The Bertz CT molecular complexity index is 764. The van der Waals surface area contributed by atoms with Crippen LogP contribution < -0.4 is 5.32 Å². The second-order valence-electron chi connectivity index (χ2n) is 4.69. The van der Waals surface area contributed by atoms with Crippen LogP contribution in [0.25, 0.3) is 11.0 Å². The Morgan fingerprint density at radius 3 is 2.91 bits per heavy atom. The van der Waals surface area contributed by atoms with Crippen LogP contribution >= 0.6 is 23.1 Å². The summed E-state index contributed by atoms with van der Waals surface area (Å²) in [5.74, 6) is -0.0795. The van der Waals surface area contributed by atoms with Crippen molar-refractivity contribution in [3.8, 4) is 0 Å². The molecule has 8 heteroatoms. The van der Waals surface area contributed by atoms with Gasteiger partial charge in [-0.15, -0.1) is 10.2 Å². The fraction of sp³-hybridized carbons (Fsp3) is 0.286. The number of rotatable bonds is 5. The summed E-state index contributed by atoms with van der Waals surface area (Å²) in [6.07, 6.45) is 0.700. The molecule has 0 aliphatic carbocycles. The Labute approximate surface area is 135 Å². The van der Waals surface area contributed by atoms with E-state index in [1.165, 1.54) is 23.1 Å². The van der Waals surface area contributed by atoms with Gasteiger partial charge in [0.15, 0.2) is 5.16 Å². The molecule has 2 N–H and O–H groups in total. The van der Waals surface area contributed by atoms with E-state index in [0.717, 1.165) is 21.2 Å². The molecule has 0 unspecified atom stereocenters. The minimum absolute atomic E-state index is 0.0795. The van der Waals surface area contributed by atoms with Gasteiger partial charge < -0.3 is 4.98 Å². The molecule has 3 rings (SSSR count). The van der Waals surface area contributed by atoms with Crippen molar-refractivity contribution < 1.29 is 4.79 Å². The van der Waals surface area contributed by atoms with Crippen molar-refractivity contribution in [1.82, 2.24) is 20.2 Å². The van der Waals surface area contributed by atoms with Crippen LogP contribution in [0.2, 0.25) is 0 Å². The van der Waals surface area contributed by atoms with Crippen molar-refractivity contribution >= 4 is 45.2 Å². The molecule has 22 heavy (non-hydrogen) atoms. The number of aromatic amines is 1. The molecule has 0 spiro atoms. The molecular weight excluding hydrogens is 318 g/mol. The van der Waals surface area contributed by atoms with E-state index >= 15 is 0 Å². The van der Waals surface area contributed by atoms with E-state index in [0.29, 0.717) is 11.6 Å². The van der Waals surface area contributed by atoms with Gasteiger partial charge in [-0.3, -0.25) is 10.1 Å². The molecule has 0 bridgehead atoms. The number of para-hydroxylation sites is 2. The van der Waals surface area contributed by atoms with Gasteiger partial charge in [0.25, 0.3) is 0 Å². The zero-order valence-corrected chi connectivity index (χ0v) is 13.8. The molecule has 1 amide bonds. The number of amides is 1. The molecule has 0 fully saturated rings. The predicted octanol–water partition coefficient (Wildman–Crippen LogP) is 3.23. The zero-order chi connectivity index (χ0) is 15.5. The van der Waals surface area contributed by atoms with Gasteiger partial charge in [0.1, 0.15) is 5.01 Å². The van der Waals surface area contributed by atoms with Crippen molar-refractivity contribution in [3.63, 3.8) is 0 Å². The summed E-state index contributed by atoms with van der Waals surface area (Å²) >= 11 is 2.79. The standard InChI is InChI=1S/C14H15N5OS2/c1-3-11(12(20)17-14-19-18-8(2)21-14)22-13-15-9-6-4-5-7-10(9)16-13/h4-7,11H,3H2,1-2H3,(H,15,16)(H,17,19,20)/t11-/m1/s1. The van der Waals surface area contributed by atoms with Crippen LogP contribution in [0, 0.1) is 6.92 Å². The second kappa shape index (κ2) is 6.45. The first-order valence-corrected chi connectivity index (χ1v) is 8.57. The highest BCUT2D eigenvalue weighted by Crippen LogP contribution is 2.26. The first kappa shape index (κ1) is 15.0. The van der Waals surface area contributed by atoms with Crippen molar-refractivity contribution in [2.24, 2.45) is 0 Å². The largest absolute Gasteiger partial charge is 0.333 e. The number of imidazole rings is 1. The Morgan fingerprint density at radius 2 is 2.23 bits per heavy atom. The molecule has 2 aromatic heterocycles. The number of carbonyl (C=O) groups is 1. The summed E-state index contributed by atoms with van der Waals surface area (Å²) in [6.45, 7) is 3.83. The number of hydrogen-bond acceptors (Lipinski definition) is 6. The van der Waals surface area contributed by atoms with E-state index in [1.54, 1.807) is 0 Å². The molecule has 0 saturated carbocycles. The maximum absolute atomic E-state index is 12.3. The molecule has 1 atom stereocenters. The topological polar surface area (TPSA) is 83.6 Å². The maximum atomic E-state index is 12.3. The lowest BCUT2D eigenvalue weighted by atomic mass is 10.3. The van der Waals surface area contributed by atoms with Gasteiger partial charge in [-0.25, -0.2) is 4.98 Å². The number of aromatic nitrogens is 4. The maximum Gasteiger partial charge on any atom is 0.239 e. The zero-order valence-electron chi connectivity index (χ0n) is 12.2. The highest BCUT2D eigenvalue weighted by molar-refractivity contribution is 8.00. The van der Waals surface area contributed by atoms with E-state index in [9.17, 15) is 4.79 Å². The number of fused-ring (bicyclic) bond motifs is 1. The lowest BCUT2D eigenvalue weighted by Crippen LogP contribution is -2.24. The Kier molecular flexibility index (Phi) is 4.39. The summed E-state index contributed by atoms with van der Waals surface area (Å²) in [4.78, 5) is 20.1. The number of nitrogens with one attached hydrogen (secondary N) is 2. The summed E-state index contributed by atoms with van der Waals surface area (Å²) in [6, 6.07) is 7.81. The minimum atomic E-state index is -0.232. The number of H-pyrrole nitrogens is 1. The Hall–Kier alpha value is -1.93. The van der Waals surface area contributed by atoms with Gasteiger partial charge in [-0.2, -0.15) is 0 Å². The number of benzene rings is 1. The molecule has 0 radical (unpaired) electrons. The van der Waals surface area contributed by atoms with Gasteiger partial charge >= 0.3 is 0 Å². The predicted molar refractivity (Wildman–Crippen MR) is 89.3 cm³/mol. The van der Waals surface area contributed by atoms with E-state index in [4.69, 9.17) is 0 Å². The third kappa shape index (κ3) is 3.28. The fourth-order valence-corrected chi connectivity index (χ4v) is 3.49. The molecule has 2 heterocycles. The Morgan fingerprint density at radius 1 is 1.41 bits per heavy atom. The van der Waals surface area contributed by atoms with E-state index in [2.05, 4.69) is 25.5 Å². The van der Waals surface area contributed by atoms with Crippen LogP contribution in [-0.2, 0) is 4.79 Å². The van der Waals surface area contributed by atoms with Crippen molar-refractivity contribution in [3.05, 3.63) is 29.3 Å². The van der Waals surface area contributed by atoms with E-state index in [1.807, 2.05) is 38.1 Å². The first-order valence-electron chi connectivity index (χ1n) is 6.88. The van der Waals surface area contributed by atoms with Crippen molar-refractivity contribution in [1.29, 1.82) is 0 Å². The van der Waals surface area contributed by atoms with E-state index in [-0.39, 0.29) is 11.2 Å². The number of carbonyl (C=O) groups excluding carboxylic acids is 1. The van der Waals surface area contributed by atoms with Crippen LogP contribution in [0.3, 0.4) is 0 Å². The van der Waals surface area contributed by atoms with Crippen LogP contribution in [0.1, 0.15) is 18.4 Å². The van der Waals surface area contributed by atoms with Gasteiger partial charge in [-0.05, 0) is 25.5 Å². The number of thioether (sulfide) groups is 1. The van der Waals surface area contributed by atoms with Crippen LogP contribution in [-0.4, -0.2) is 31.3 Å². The highest BCUT2D eigenvalue weighted by atomic mass is 32.2. The molecule has 3 aromatic rings. The van der Waals surface area contributed by atoms with Crippen molar-refractivity contribution in [2.45, 2.75) is 30.7 Å². The lowest BCUT2D eigenvalue weighted by molar-refractivity contribution is -0.115. The lowest BCUT2D eigenvalue weighted by Gasteiger charge is -2.11. The number of nitrogens with zero attached hydrogens (tertiary/aromatic N) is 3.